The Balaban J connectivity index is 1.54. The van der Waals surface area contributed by atoms with Gasteiger partial charge in [0.25, 0.3) is 0 Å². The Hall–Kier alpha value is -3.61. The van der Waals surface area contributed by atoms with E-state index in [0.29, 0.717) is 13.2 Å². The van der Waals surface area contributed by atoms with Gasteiger partial charge in [-0.3, -0.25) is 0 Å². The van der Waals surface area contributed by atoms with E-state index in [0.717, 1.165) is 71.3 Å². The number of aromatic amines is 1. The van der Waals surface area contributed by atoms with Gasteiger partial charge in [0.15, 0.2) is 0 Å². The number of benzene rings is 3. The minimum Gasteiger partial charge on any atom is -0.494 e. The molecule has 0 saturated carbocycles. The minimum atomic E-state index is 0.701. The van der Waals surface area contributed by atoms with Crippen LogP contribution in [0, 0.1) is 0 Å². The molecule has 3 aromatic carbocycles. The van der Waals surface area contributed by atoms with Crippen molar-refractivity contribution in [1.29, 1.82) is 0 Å². The first-order valence-corrected chi connectivity index (χ1v) is 12.9. The molecule has 1 aromatic heterocycles. The molecule has 0 atom stereocenters. The third-order valence-electron chi connectivity index (χ3n) is 6.06. The van der Waals surface area contributed by atoms with Gasteiger partial charge in [-0.2, -0.15) is 0 Å². The van der Waals surface area contributed by atoms with Crippen molar-refractivity contribution in [3.63, 3.8) is 0 Å². The van der Waals surface area contributed by atoms with Crippen LogP contribution in [0.2, 0.25) is 0 Å². The van der Waals surface area contributed by atoms with Crippen LogP contribution in [0.1, 0.15) is 12.8 Å². The summed E-state index contributed by atoms with van der Waals surface area (Å²) in [6.45, 7) is 3.43. The summed E-state index contributed by atoms with van der Waals surface area (Å²) in [5.74, 6) is 2.60. The predicted molar refractivity (Wildman–Crippen MR) is 152 cm³/mol. The van der Waals surface area contributed by atoms with Gasteiger partial charge < -0.3 is 24.3 Å². The van der Waals surface area contributed by atoms with E-state index in [2.05, 4.69) is 79.4 Å². The molecular formula is C31H38N4O2. The molecule has 1 N–H and O–H groups in total. The lowest BCUT2D eigenvalue weighted by Gasteiger charge is -2.11. The summed E-state index contributed by atoms with van der Waals surface area (Å²) in [5.41, 5.74) is 5.06. The number of nitrogens with zero attached hydrogens (tertiary/aromatic N) is 3. The first-order chi connectivity index (χ1) is 18.0. The molecule has 0 fully saturated rings. The zero-order valence-electron chi connectivity index (χ0n) is 22.4. The second-order valence-corrected chi connectivity index (χ2v) is 9.73. The molecule has 0 bridgehead atoms. The van der Waals surface area contributed by atoms with Crippen LogP contribution >= 0.6 is 0 Å². The SMILES string of the molecule is CN(C)CCCOc1ccc(-c2nc(-c3ccccc3)[nH]c2-c2ccc(OCCCN(C)C)cc2)cc1. The van der Waals surface area contributed by atoms with E-state index < -0.39 is 0 Å². The van der Waals surface area contributed by atoms with E-state index in [4.69, 9.17) is 14.5 Å². The number of imidazole rings is 1. The average Bonchev–Trinajstić information content (AvgIpc) is 3.36. The van der Waals surface area contributed by atoms with E-state index in [9.17, 15) is 0 Å². The highest BCUT2D eigenvalue weighted by atomic mass is 16.5. The van der Waals surface area contributed by atoms with E-state index in [1.54, 1.807) is 0 Å². The van der Waals surface area contributed by atoms with Crippen molar-refractivity contribution in [2.75, 3.05) is 54.5 Å². The van der Waals surface area contributed by atoms with Crippen molar-refractivity contribution in [1.82, 2.24) is 19.8 Å². The Bertz CT molecular complexity index is 1140. The predicted octanol–water partition coefficient (Wildman–Crippen LogP) is 6.07. The smallest absolute Gasteiger partial charge is 0.138 e. The zero-order chi connectivity index (χ0) is 26.0. The summed E-state index contributed by atoms with van der Waals surface area (Å²) in [6, 6.07) is 26.7. The van der Waals surface area contributed by atoms with Gasteiger partial charge in [0.1, 0.15) is 17.3 Å². The Morgan fingerprint density at radius 1 is 0.622 bits per heavy atom. The number of H-pyrrole nitrogens is 1. The molecule has 0 aliphatic rings. The fraction of sp³-hybridized carbons (Fsp3) is 0.323. The Morgan fingerprint density at radius 3 is 1.65 bits per heavy atom. The molecule has 6 heteroatoms. The molecule has 0 radical (unpaired) electrons. The summed E-state index contributed by atoms with van der Waals surface area (Å²) >= 11 is 0. The monoisotopic (exact) mass is 498 g/mol. The van der Waals surface area contributed by atoms with Gasteiger partial charge in [0, 0.05) is 29.8 Å². The topological polar surface area (TPSA) is 53.6 Å². The molecule has 0 aliphatic heterocycles. The fourth-order valence-electron chi connectivity index (χ4n) is 4.09. The lowest BCUT2D eigenvalue weighted by Crippen LogP contribution is -2.15. The highest BCUT2D eigenvalue weighted by Gasteiger charge is 2.16. The molecule has 37 heavy (non-hydrogen) atoms. The highest BCUT2D eigenvalue weighted by molar-refractivity contribution is 5.81. The number of aromatic nitrogens is 2. The molecule has 6 nitrogen and oxygen atoms in total. The van der Waals surface area contributed by atoms with Crippen LogP contribution in [0.25, 0.3) is 33.9 Å². The number of hydrogen-bond donors (Lipinski definition) is 1. The molecule has 4 rings (SSSR count). The maximum atomic E-state index is 5.93. The average molecular weight is 499 g/mol. The molecule has 0 saturated heterocycles. The largest absolute Gasteiger partial charge is 0.494 e. The third kappa shape index (κ3) is 7.68. The van der Waals surface area contributed by atoms with E-state index in [-0.39, 0.29) is 0 Å². The normalized spacial score (nSPS) is 11.3. The number of hydrogen-bond acceptors (Lipinski definition) is 5. The first kappa shape index (κ1) is 26.5. The van der Waals surface area contributed by atoms with E-state index >= 15 is 0 Å². The molecule has 0 spiro atoms. The fourth-order valence-corrected chi connectivity index (χ4v) is 4.09. The van der Waals surface area contributed by atoms with Gasteiger partial charge >= 0.3 is 0 Å². The van der Waals surface area contributed by atoms with Crippen LogP contribution in [0.4, 0.5) is 0 Å². The maximum Gasteiger partial charge on any atom is 0.138 e. The molecule has 0 aliphatic carbocycles. The Labute approximate surface area is 220 Å². The Kier molecular flexibility index (Phi) is 9.35. The number of ether oxygens (including phenoxy) is 2. The standard InChI is InChI=1S/C31H38N4O2/c1-34(2)20-8-22-36-27-16-12-24(13-17-27)29-30(33-31(32-29)26-10-6-5-7-11-26)25-14-18-28(19-15-25)37-23-9-21-35(3)4/h5-7,10-19H,8-9,20-23H2,1-4H3,(H,32,33). The summed E-state index contributed by atoms with van der Waals surface area (Å²) in [4.78, 5) is 12.9. The quantitative estimate of drug-likeness (QED) is 0.227. The van der Waals surface area contributed by atoms with Crippen molar-refractivity contribution in [3.05, 3.63) is 78.9 Å². The maximum absolute atomic E-state index is 5.93. The van der Waals surface area contributed by atoms with Crippen molar-refractivity contribution in [2.24, 2.45) is 0 Å². The second kappa shape index (κ2) is 13.1. The zero-order valence-corrected chi connectivity index (χ0v) is 22.4. The highest BCUT2D eigenvalue weighted by Crippen LogP contribution is 2.34. The van der Waals surface area contributed by atoms with Crippen molar-refractivity contribution in [2.45, 2.75) is 12.8 Å². The van der Waals surface area contributed by atoms with Gasteiger partial charge in [0.05, 0.1) is 24.6 Å². The lowest BCUT2D eigenvalue weighted by atomic mass is 10.0. The molecule has 0 amide bonds. The van der Waals surface area contributed by atoms with Gasteiger partial charge in [-0.05, 0) is 89.6 Å². The summed E-state index contributed by atoms with van der Waals surface area (Å²) < 4.78 is 11.9. The van der Waals surface area contributed by atoms with Crippen molar-refractivity contribution >= 4 is 0 Å². The van der Waals surface area contributed by atoms with Crippen LogP contribution in [-0.2, 0) is 0 Å². The van der Waals surface area contributed by atoms with Crippen LogP contribution in [-0.4, -0.2) is 74.3 Å². The number of rotatable bonds is 13. The third-order valence-corrected chi connectivity index (χ3v) is 6.06. The molecule has 0 unspecified atom stereocenters. The summed E-state index contributed by atoms with van der Waals surface area (Å²) in [5, 5.41) is 0. The van der Waals surface area contributed by atoms with Gasteiger partial charge in [-0.1, -0.05) is 30.3 Å². The Morgan fingerprint density at radius 2 is 1.14 bits per heavy atom. The van der Waals surface area contributed by atoms with Crippen LogP contribution in [0.3, 0.4) is 0 Å². The van der Waals surface area contributed by atoms with Gasteiger partial charge in [-0.25, -0.2) is 4.98 Å². The summed E-state index contributed by atoms with van der Waals surface area (Å²) in [7, 11) is 8.31. The van der Waals surface area contributed by atoms with Crippen LogP contribution < -0.4 is 9.47 Å². The second-order valence-electron chi connectivity index (χ2n) is 9.73. The van der Waals surface area contributed by atoms with Crippen LogP contribution in [0.5, 0.6) is 11.5 Å². The van der Waals surface area contributed by atoms with Gasteiger partial charge in [-0.15, -0.1) is 0 Å². The lowest BCUT2D eigenvalue weighted by molar-refractivity contribution is 0.281. The molecule has 194 valence electrons. The minimum absolute atomic E-state index is 0.701. The van der Waals surface area contributed by atoms with Crippen LogP contribution in [0.15, 0.2) is 78.9 Å². The van der Waals surface area contributed by atoms with E-state index in [1.807, 2.05) is 42.5 Å². The molecular weight excluding hydrogens is 460 g/mol. The molecule has 1 heterocycles. The number of nitrogens with one attached hydrogen (secondary N) is 1. The van der Waals surface area contributed by atoms with Gasteiger partial charge in [0.2, 0.25) is 0 Å². The van der Waals surface area contributed by atoms with Crippen molar-refractivity contribution in [3.8, 4) is 45.4 Å². The first-order valence-electron chi connectivity index (χ1n) is 12.9. The van der Waals surface area contributed by atoms with E-state index in [1.165, 1.54) is 0 Å². The van der Waals surface area contributed by atoms with Crippen molar-refractivity contribution < 1.29 is 9.47 Å². The molecule has 4 aromatic rings. The summed E-state index contributed by atoms with van der Waals surface area (Å²) in [6.07, 6.45) is 1.99.